The van der Waals surface area contributed by atoms with E-state index < -0.39 is 5.54 Å². The largest absolute Gasteiger partial charge is 0.464 e. The monoisotopic (exact) mass is 222 g/mol. The topological polar surface area (TPSA) is 42.4 Å². The van der Waals surface area contributed by atoms with E-state index in [2.05, 4.69) is 4.98 Å². The second-order valence-corrected chi connectivity index (χ2v) is 4.03. The fraction of sp³-hybridized carbons (Fsp3) is 0.500. The van der Waals surface area contributed by atoms with Crippen molar-refractivity contribution in [3.8, 4) is 0 Å². The second-order valence-electron chi connectivity index (χ2n) is 4.03. The van der Waals surface area contributed by atoms with Crippen LogP contribution in [0.4, 0.5) is 5.82 Å². The van der Waals surface area contributed by atoms with Gasteiger partial charge in [-0.2, -0.15) is 0 Å². The standard InChI is InChI=1S/C12H18N2O2/c1-5-16-11(15)12(2,3)14(4)10-8-6-7-9-13-10/h6-9H,5H2,1-4H3. The lowest BCUT2D eigenvalue weighted by Gasteiger charge is -2.33. The summed E-state index contributed by atoms with van der Waals surface area (Å²) >= 11 is 0. The second kappa shape index (κ2) is 4.96. The van der Waals surface area contributed by atoms with Crippen LogP contribution < -0.4 is 4.90 Å². The summed E-state index contributed by atoms with van der Waals surface area (Å²) < 4.78 is 5.04. The normalized spacial score (nSPS) is 11.0. The molecule has 0 bridgehead atoms. The molecule has 0 aliphatic rings. The van der Waals surface area contributed by atoms with E-state index in [0.717, 1.165) is 5.82 Å². The van der Waals surface area contributed by atoms with Gasteiger partial charge in [-0.15, -0.1) is 0 Å². The Kier molecular flexibility index (Phi) is 3.88. The maximum absolute atomic E-state index is 11.8. The van der Waals surface area contributed by atoms with Crippen LogP contribution in [0.1, 0.15) is 20.8 Å². The van der Waals surface area contributed by atoms with Gasteiger partial charge in [0.1, 0.15) is 11.4 Å². The summed E-state index contributed by atoms with van der Waals surface area (Å²) in [6.45, 7) is 5.83. The molecule has 16 heavy (non-hydrogen) atoms. The molecule has 0 N–H and O–H groups in total. The van der Waals surface area contributed by atoms with Gasteiger partial charge in [-0.25, -0.2) is 9.78 Å². The minimum atomic E-state index is -0.718. The van der Waals surface area contributed by atoms with Gasteiger partial charge in [0.05, 0.1) is 6.61 Å². The molecule has 0 amide bonds. The van der Waals surface area contributed by atoms with Crippen molar-refractivity contribution in [3.63, 3.8) is 0 Å². The Morgan fingerprint density at radius 1 is 1.50 bits per heavy atom. The Hall–Kier alpha value is -1.58. The third-order valence-corrected chi connectivity index (χ3v) is 2.61. The maximum atomic E-state index is 11.8. The lowest BCUT2D eigenvalue weighted by atomic mass is 10.0. The van der Waals surface area contributed by atoms with Gasteiger partial charge in [0.25, 0.3) is 0 Å². The van der Waals surface area contributed by atoms with Crippen LogP contribution in [0.3, 0.4) is 0 Å². The van der Waals surface area contributed by atoms with Crippen molar-refractivity contribution in [1.29, 1.82) is 0 Å². The highest BCUT2D eigenvalue weighted by atomic mass is 16.5. The molecule has 0 aromatic carbocycles. The van der Waals surface area contributed by atoms with Crippen LogP contribution in [-0.2, 0) is 9.53 Å². The number of rotatable bonds is 4. The first-order valence-electron chi connectivity index (χ1n) is 5.32. The summed E-state index contributed by atoms with van der Waals surface area (Å²) in [4.78, 5) is 17.8. The predicted molar refractivity (Wildman–Crippen MR) is 63.4 cm³/mol. The van der Waals surface area contributed by atoms with Crippen molar-refractivity contribution >= 4 is 11.8 Å². The Balaban J connectivity index is 2.87. The summed E-state index contributed by atoms with van der Waals surface area (Å²) in [6, 6.07) is 5.59. The minimum Gasteiger partial charge on any atom is -0.464 e. The van der Waals surface area contributed by atoms with Gasteiger partial charge in [-0.05, 0) is 32.9 Å². The number of anilines is 1. The maximum Gasteiger partial charge on any atom is 0.331 e. The predicted octanol–water partition coefficient (Wildman–Crippen LogP) is 1.86. The molecular formula is C12H18N2O2. The number of hydrogen-bond acceptors (Lipinski definition) is 4. The number of carbonyl (C=O) groups excluding carboxylic acids is 1. The van der Waals surface area contributed by atoms with Crippen LogP contribution in [-0.4, -0.2) is 30.1 Å². The highest BCUT2D eigenvalue weighted by Crippen LogP contribution is 2.20. The Morgan fingerprint density at radius 3 is 2.69 bits per heavy atom. The Morgan fingerprint density at radius 2 is 2.19 bits per heavy atom. The average Bonchev–Trinajstić information content (AvgIpc) is 2.29. The van der Waals surface area contributed by atoms with Crippen LogP contribution in [0.2, 0.25) is 0 Å². The molecule has 1 heterocycles. The van der Waals surface area contributed by atoms with Crippen molar-refractivity contribution in [3.05, 3.63) is 24.4 Å². The SMILES string of the molecule is CCOC(=O)C(C)(C)N(C)c1ccccn1. The number of aromatic nitrogens is 1. The van der Waals surface area contributed by atoms with E-state index in [1.54, 1.807) is 13.1 Å². The van der Waals surface area contributed by atoms with E-state index in [-0.39, 0.29) is 5.97 Å². The van der Waals surface area contributed by atoms with Crippen molar-refractivity contribution in [2.24, 2.45) is 0 Å². The van der Waals surface area contributed by atoms with E-state index >= 15 is 0 Å². The Labute approximate surface area is 96.2 Å². The van der Waals surface area contributed by atoms with Gasteiger partial charge in [-0.1, -0.05) is 6.07 Å². The van der Waals surface area contributed by atoms with Crippen molar-refractivity contribution in [1.82, 2.24) is 4.98 Å². The van der Waals surface area contributed by atoms with E-state index in [0.29, 0.717) is 6.61 Å². The van der Waals surface area contributed by atoms with Crippen LogP contribution in [0.15, 0.2) is 24.4 Å². The molecule has 0 spiro atoms. The molecule has 0 saturated carbocycles. The number of hydrogen-bond donors (Lipinski definition) is 0. The number of esters is 1. The van der Waals surface area contributed by atoms with E-state index in [1.165, 1.54) is 0 Å². The molecule has 0 fully saturated rings. The summed E-state index contributed by atoms with van der Waals surface area (Å²) in [5.74, 6) is 0.503. The number of pyridine rings is 1. The van der Waals surface area contributed by atoms with E-state index in [9.17, 15) is 4.79 Å². The molecule has 0 unspecified atom stereocenters. The van der Waals surface area contributed by atoms with Crippen molar-refractivity contribution in [2.75, 3.05) is 18.6 Å². The van der Waals surface area contributed by atoms with Gasteiger partial charge >= 0.3 is 5.97 Å². The summed E-state index contributed by atoms with van der Waals surface area (Å²) in [7, 11) is 1.83. The first-order chi connectivity index (χ1) is 7.50. The molecule has 88 valence electrons. The van der Waals surface area contributed by atoms with Gasteiger partial charge in [0.2, 0.25) is 0 Å². The molecule has 1 aromatic heterocycles. The first-order valence-corrected chi connectivity index (χ1v) is 5.32. The van der Waals surface area contributed by atoms with Gasteiger partial charge < -0.3 is 9.64 Å². The number of nitrogens with zero attached hydrogens (tertiary/aromatic N) is 2. The zero-order chi connectivity index (χ0) is 12.2. The fourth-order valence-electron chi connectivity index (χ4n) is 1.28. The number of ether oxygens (including phenoxy) is 1. The molecule has 4 nitrogen and oxygen atoms in total. The quantitative estimate of drug-likeness (QED) is 0.729. The minimum absolute atomic E-state index is 0.247. The van der Waals surface area contributed by atoms with Crippen LogP contribution in [0, 0.1) is 0 Å². The lowest BCUT2D eigenvalue weighted by molar-refractivity contribution is -0.148. The number of likely N-dealkylation sites (N-methyl/N-ethyl adjacent to an activating group) is 1. The van der Waals surface area contributed by atoms with Gasteiger partial charge in [0.15, 0.2) is 0 Å². The molecule has 0 aliphatic heterocycles. The van der Waals surface area contributed by atoms with Crippen molar-refractivity contribution in [2.45, 2.75) is 26.3 Å². The van der Waals surface area contributed by atoms with Gasteiger partial charge in [-0.3, -0.25) is 0 Å². The molecule has 0 atom stereocenters. The molecule has 0 saturated heterocycles. The molecule has 0 aliphatic carbocycles. The molecule has 0 radical (unpaired) electrons. The smallest absolute Gasteiger partial charge is 0.331 e. The van der Waals surface area contributed by atoms with Gasteiger partial charge in [0, 0.05) is 13.2 Å². The van der Waals surface area contributed by atoms with Crippen LogP contribution >= 0.6 is 0 Å². The van der Waals surface area contributed by atoms with E-state index in [1.807, 2.05) is 44.0 Å². The molecular weight excluding hydrogens is 204 g/mol. The zero-order valence-electron chi connectivity index (χ0n) is 10.2. The van der Waals surface area contributed by atoms with Crippen molar-refractivity contribution < 1.29 is 9.53 Å². The molecule has 4 heteroatoms. The highest BCUT2D eigenvalue weighted by molar-refractivity contribution is 5.83. The summed E-state index contributed by atoms with van der Waals surface area (Å²) in [5, 5.41) is 0. The number of carbonyl (C=O) groups is 1. The van der Waals surface area contributed by atoms with Crippen LogP contribution in [0.5, 0.6) is 0 Å². The summed E-state index contributed by atoms with van der Waals surface area (Å²) in [6.07, 6.45) is 1.70. The zero-order valence-corrected chi connectivity index (χ0v) is 10.2. The third kappa shape index (κ3) is 2.51. The van der Waals surface area contributed by atoms with E-state index in [4.69, 9.17) is 4.74 Å². The third-order valence-electron chi connectivity index (χ3n) is 2.61. The Bertz CT molecular complexity index is 349. The lowest BCUT2D eigenvalue weighted by Crippen LogP contribution is -2.49. The summed E-state index contributed by atoms with van der Waals surface area (Å²) in [5.41, 5.74) is -0.718. The fourth-order valence-corrected chi connectivity index (χ4v) is 1.28. The molecule has 1 rings (SSSR count). The van der Waals surface area contributed by atoms with Crippen LogP contribution in [0.25, 0.3) is 0 Å². The first kappa shape index (κ1) is 12.5. The highest BCUT2D eigenvalue weighted by Gasteiger charge is 2.34. The average molecular weight is 222 g/mol. The molecule has 1 aromatic rings.